The van der Waals surface area contributed by atoms with Crippen LogP contribution in [0.4, 0.5) is 23.7 Å². The maximum atomic E-state index is 12.7. The number of fused-ring (bicyclic) bond motifs is 1. The Bertz CT molecular complexity index is 1160. The van der Waals surface area contributed by atoms with E-state index in [1.807, 2.05) is 5.38 Å². The van der Waals surface area contributed by atoms with Crippen LogP contribution in [0.15, 0.2) is 36.2 Å². The Balaban J connectivity index is 1.11. The van der Waals surface area contributed by atoms with Crippen LogP contribution in [-0.2, 0) is 10.9 Å². The van der Waals surface area contributed by atoms with E-state index in [1.165, 1.54) is 11.3 Å². The van der Waals surface area contributed by atoms with Crippen molar-refractivity contribution in [2.24, 2.45) is 5.41 Å². The Kier molecular flexibility index (Phi) is 4.43. The van der Waals surface area contributed by atoms with Gasteiger partial charge in [-0.2, -0.15) is 18.3 Å². The van der Waals surface area contributed by atoms with Crippen molar-refractivity contribution < 1.29 is 27.5 Å². The zero-order valence-electron chi connectivity index (χ0n) is 15.9. The molecule has 0 atom stereocenters. The number of carbonyl (C=O) groups excluding carboxylic acids is 2. The first-order valence-corrected chi connectivity index (χ1v) is 10.3. The van der Waals surface area contributed by atoms with Crippen LogP contribution in [-0.4, -0.2) is 50.7 Å². The molecule has 8 nitrogen and oxygen atoms in total. The molecule has 0 bridgehead atoms. The molecule has 0 aromatic carbocycles. The minimum Gasteiger partial charge on any atom is -0.446 e. The largest absolute Gasteiger partial charge is 0.446 e. The summed E-state index contributed by atoms with van der Waals surface area (Å²) in [6.45, 7) is 1.15. The summed E-state index contributed by atoms with van der Waals surface area (Å²) in [4.78, 5) is 30.7. The number of hydrogen-bond donors (Lipinski definition) is 1. The first-order valence-electron chi connectivity index (χ1n) is 9.42. The summed E-state index contributed by atoms with van der Waals surface area (Å²) in [5.41, 5.74) is -0.535. The third kappa shape index (κ3) is 3.60. The molecular weight excluding hydrogens is 435 g/mol. The summed E-state index contributed by atoms with van der Waals surface area (Å²) >= 11 is 1.45. The number of ether oxygens (including phenoxy) is 1. The topological polar surface area (TPSA) is 88.8 Å². The van der Waals surface area contributed by atoms with Crippen LogP contribution in [0.1, 0.15) is 28.8 Å². The number of aromatic nitrogens is 3. The summed E-state index contributed by atoms with van der Waals surface area (Å²) in [5, 5.41) is 8.30. The lowest BCUT2D eigenvalue weighted by atomic mass is 9.61. The van der Waals surface area contributed by atoms with Crippen molar-refractivity contribution in [3.05, 3.63) is 47.4 Å². The summed E-state index contributed by atoms with van der Waals surface area (Å²) in [6, 6.07) is 0.799. The third-order valence-corrected chi connectivity index (χ3v) is 6.50. The van der Waals surface area contributed by atoms with E-state index in [-0.39, 0.29) is 23.1 Å². The molecule has 2 aliphatic rings. The molecule has 4 heterocycles. The van der Waals surface area contributed by atoms with E-state index in [4.69, 9.17) is 4.74 Å². The molecule has 1 aliphatic carbocycles. The van der Waals surface area contributed by atoms with Gasteiger partial charge < -0.3 is 9.64 Å². The summed E-state index contributed by atoms with van der Waals surface area (Å²) in [6.07, 6.45) is 0.667. The molecule has 3 aromatic rings. The number of halogens is 3. The van der Waals surface area contributed by atoms with Gasteiger partial charge in [-0.25, -0.2) is 9.31 Å². The number of carbonyl (C=O) groups is 2. The van der Waals surface area contributed by atoms with E-state index in [9.17, 15) is 22.8 Å². The number of alkyl halides is 3. The summed E-state index contributed by atoms with van der Waals surface area (Å²) < 4.78 is 45.2. The average molecular weight is 451 g/mol. The highest BCUT2D eigenvalue weighted by atomic mass is 32.1. The minimum atomic E-state index is -4.55. The lowest BCUT2D eigenvalue weighted by Crippen LogP contribution is -2.65. The normalized spacial score (nSPS) is 18.0. The Morgan fingerprint density at radius 1 is 1.23 bits per heavy atom. The van der Waals surface area contributed by atoms with E-state index in [2.05, 4.69) is 15.4 Å². The molecule has 1 saturated carbocycles. The van der Waals surface area contributed by atoms with Gasteiger partial charge in [0.25, 0.3) is 5.91 Å². The molecule has 2 amide bonds. The molecule has 1 saturated heterocycles. The van der Waals surface area contributed by atoms with E-state index in [0.29, 0.717) is 37.7 Å². The average Bonchev–Trinajstić information content (AvgIpc) is 3.25. The third-order valence-electron chi connectivity index (χ3n) is 5.61. The number of thiazole rings is 1. The summed E-state index contributed by atoms with van der Waals surface area (Å²) in [5.74, 6) is -0.0674. The van der Waals surface area contributed by atoms with E-state index >= 15 is 0 Å². The molecule has 1 spiro atoms. The fourth-order valence-electron chi connectivity index (χ4n) is 4.16. The van der Waals surface area contributed by atoms with Crippen LogP contribution in [0.2, 0.25) is 0 Å². The fourth-order valence-corrected chi connectivity index (χ4v) is 4.95. The van der Waals surface area contributed by atoms with Crippen LogP contribution in [0.5, 0.6) is 0 Å². The van der Waals surface area contributed by atoms with E-state index in [1.54, 1.807) is 21.8 Å². The monoisotopic (exact) mass is 451 g/mol. The number of amides is 2. The number of nitrogens with zero attached hydrogens (tertiary/aromatic N) is 4. The molecule has 12 heteroatoms. The molecule has 0 radical (unpaired) electrons. The van der Waals surface area contributed by atoms with Gasteiger partial charge in [-0.3, -0.25) is 15.1 Å². The van der Waals surface area contributed by atoms with E-state index < -0.39 is 17.8 Å². The van der Waals surface area contributed by atoms with Crippen LogP contribution in [0, 0.1) is 5.41 Å². The number of hydrogen-bond acceptors (Lipinski definition) is 6. The Hall–Kier alpha value is -3.15. The molecule has 2 fully saturated rings. The maximum absolute atomic E-state index is 12.7. The van der Waals surface area contributed by atoms with Crippen LogP contribution in [0.25, 0.3) is 4.83 Å². The van der Waals surface area contributed by atoms with Crippen LogP contribution in [0.3, 0.4) is 0 Å². The van der Waals surface area contributed by atoms with Gasteiger partial charge in [0, 0.05) is 36.3 Å². The molecule has 5 rings (SSSR count). The van der Waals surface area contributed by atoms with Gasteiger partial charge in [0.1, 0.15) is 10.9 Å². The predicted molar refractivity (Wildman–Crippen MR) is 104 cm³/mol. The Morgan fingerprint density at radius 2 is 2.00 bits per heavy atom. The summed E-state index contributed by atoms with van der Waals surface area (Å²) in [7, 11) is 0. The van der Waals surface area contributed by atoms with Gasteiger partial charge in [-0.05, 0) is 18.9 Å². The number of rotatable bonds is 3. The molecule has 3 aromatic heterocycles. The smallest absolute Gasteiger partial charge is 0.417 e. The SMILES string of the molecule is O=C(Nc1cncc(C(F)(F)F)c1)OC1CC2(C1)CN(C(=O)c1cnn3ccsc13)C2. The highest BCUT2D eigenvalue weighted by Crippen LogP contribution is 2.50. The lowest BCUT2D eigenvalue weighted by Gasteiger charge is -2.58. The molecule has 1 aliphatic heterocycles. The molecule has 162 valence electrons. The van der Waals surface area contributed by atoms with Gasteiger partial charge in [-0.1, -0.05) is 0 Å². The van der Waals surface area contributed by atoms with Gasteiger partial charge in [0.15, 0.2) is 0 Å². The predicted octanol–water partition coefficient (Wildman–Crippen LogP) is 3.66. The van der Waals surface area contributed by atoms with Crippen molar-refractivity contribution in [1.82, 2.24) is 19.5 Å². The zero-order valence-corrected chi connectivity index (χ0v) is 16.7. The van der Waals surface area contributed by atoms with Crippen molar-refractivity contribution in [3.63, 3.8) is 0 Å². The van der Waals surface area contributed by atoms with Gasteiger partial charge in [-0.15, -0.1) is 11.3 Å². The van der Waals surface area contributed by atoms with Gasteiger partial charge in [0.05, 0.1) is 29.2 Å². The minimum absolute atomic E-state index is 0.0674. The highest BCUT2D eigenvalue weighted by molar-refractivity contribution is 7.15. The van der Waals surface area contributed by atoms with Crippen LogP contribution < -0.4 is 5.32 Å². The van der Waals surface area contributed by atoms with Crippen molar-refractivity contribution >= 4 is 33.9 Å². The van der Waals surface area contributed by atoms with Crippen molar-refractivity contribution in [2.45, 2.75) is 25.1 Å². The number of likely N-dealkylation sites (tertiary alicyclic amines) is 1. The quantitative estimate of drug-likeness (QED) is 0.657. The first-order chi connectivity index (χ1) is 14.7. The lowest BCUT2D eigenvalue weighted by molar-refractivity contribution is -0.137. The number of nitrogens with one attached hydrogen (secondary N) is 1. The van der Waals surface area contributed by atoms with E-state index in [0.717, 1.165) is 17.1 Å². The van der Waals surface area contributed by atoms with Crippen molar-refractivity contribution in [1.29, 1.82) is 0 Å². The zero-order chi connectivity index (χ0) is 21.8. The van der Waals surface area contributed by atoms with Crippen LogP contribution >= 0.6 is 11.3 Å². The van der Waals surface area contributed by atoms with Crippen molar-refractivity contribution in [2.75, 3.05) is 18.4 Å². The van der Waals surface area contributed by atoms with Gasteiger partial charge >= 0.3 is 12.3 Å². The molecular formula is C19H16F3N5O3S. The van der Waals surface area contributed by atoms with Crippen molar-refractivity contribution in [3.8, 4) is 0 Å². The first kappa shape index (κ1) is 19.8. The molecule has 31 heavy (non-hydrogen) atoms. The Morgan fingerprint density at radius 3 is 2.74 bits per heavy atom. The highest BCUT2D eigenvalue weighted by Gasteiger charge is 2.55. The number of pyridine rings is 1. The number of anilines is 1. The molecule has 0 unspecified atom stereocenters. The maximum Gasteiger partial charge on any atom is 0.417 e. The van der Waals surface area contributed by atoms with Gasteiger partial charge in [0.2, 0.25) is 0 Å². The molecule has 1 N–H and O–H groups in total. The second-order valence-electron chi connectivity index (χ2n) is 7.89. The fraction of sp³-hybridized carbons (Fsp3) is 0.368. The standard InChI is InChI=1S/C19H16F3N5O3S/c20-19(21,22)11-3-12(7-23-6-11)25-17(29)30-13-4-18(5-13)9-26(10-18)15(28)14-8-24-27-1-2-31-16(14)27/h1-3,6-8,13H,4-5,9-10H2,(H,25,29). The second-order valence-corrected chi connectivity index (χ2v) is 8.79. The second kappa shape index (κ2) is 6.94. The Labute approximate surface area is 177 Å².